The minimum Gasteiger partial charge on any atom is -0.457 e. The smallest absolute Gasteiger partial charge is 0.238 e. The van der Waals surface area contributed by atoms with Crippen molar-refractivity contribution in [2.45, 2.75) is 0 Å². The quantitative estimate of drug-likeness (QED) is 0.161. The third-order valence-electron chi connectivity index (χ3n) is 13.8. The van der Waals surface area contributed by atoms with Crippen molar-refractivity contribution in [3.63, 3.8) is 0 Å². The Morgan fingerprint density at radius 3 is 1.46 bits per heavy atom. The first-order valence-corrected chi connectivity index (χ1v) is 21.7. The van der Waals surface area contributed by atoms with Crippen molar-refractivity contribution in [2.75, 3.05) is 0 Å². The van der Waals surface area contributed by atoms with E-state index in [1.165, 1.54) is 0 Å². The monoisotopic (exact) mass is 847 g/mol. The Balaban J connectivity index is 1.19. The van der Waals surface area contributed by atoms with Gasteiger partial charge in [0.15, 0.2) is 11.6 Å². The zero-order chi connectivity index (χ0) is 47.6. The Kier molecular flexibility index (Phi) is 8.98. The zero-order valence-electron chi connectivity index (χ0n) is 36.4. The molecule has 0 unspecified atom stereocenters. The summed E-state index contributed by atoms with van der Waals surface area (Å²) in [4.78, 5) is 15.8. The first-order chi connectivity index (χ1) is 33.3. The predicted octanol–water partition coefficient (Wildman–Crippen LogP) is -1.43. The van der Waals surface area contributed by atoms with Gasteiger partial charge in [-0.3, -0.25) is 4.57 Å². The maximum atomic E-state index is 7.15. The van der Waals surface area contributed by atoms with Crippen LogP contribution in [0.4, 0.5) is 0 Å². The molecule has 0 spiro atoms. The average Bonchev–Trinajstić information content (AvgIpc) is 4.05. The lowest BCUT2D eigenvalue weighted by Gasteiger charge is -2.23. The molecule has 0 saturated carbocycles. The maximum Gasteiger partial charge on any atom is 0.238 e. The molecule has 18 heteroatoms. The molecule has 4 heterocycles. The minimum absolute atomic E-state index is 0.0634. The Hall–Kier alpha value is -7.05. The van der Waals surface area contributed by atoms with Crippen molar-refractivity contribution in [1.29, 1.82) is 0 Å². The number of hydrogen-bond acceptors (Lipinski definition) is 4. The second kappa shape index (κ2) is 14.7. The number of para-hydroxylation sites is 2. The van der Waals surface area contributed by atoms with Crippen molar-refractivity contribution in [3.05, 3.63) is 103 Å². The number of aromatic nitrogens is 5. The molecule has 13 aromatic rings. The van der Waals surface area contributed by atoms with Crippen LogP contribution in [0.25, 0.3) is 122 Å². The van der Waals surface area contributed by atoms with E-state index in [1.54, 1.807) is 0 Å². The highest BCUT2D eigenvalue weighted by atomic mass is 16.3. The summed E-state index contributed by atoms with van der Waals surface area (Å²) in [5, 5.41) is 8.18. The molecule has 0 amide bonds. The predicted molar refractivity (Wildman–Crippen MR) is 298 cm³/mol. The van der Waals surface area contributed by atoms with Crippen LogP contribution in [0, 0.1) is 0 Å². The highest BCUT2D eigenvalue weighted by Crippen LogP contribution is 2.46. The third kappa shape index (κ3) is 5.46. The molecule has 0 N–H and O–H groups in total. The fraction of sp³-hybridized carbons (Fsp3) is 0. The Morgan fingerprint density at radius 1 is 0.319 bits per heavy atom. The summed E-state index contributed by atoms with van der Waals surface area (Å²) in [6.45, 7) is 0. The minimum atomic E-state index is 0.0634. The third-order valence-corrected chi connectivity index (χ3v) is 13.8. The van der Waals surface area contributed by atoms with Crippen LogP contribution in [0.3, 0.4) is 0 Å². The Labute approximate surface area is 410 Å². The molecule has 0 aliphatic heterocycles. The van der Waals surface area contributed by atoms with Gasteiger partial charge in [-0.25, -0.2) is 4.98 Å². The van der Waals surface area contributed by atoms with Crippen LogP contribution in [0.2, 0.25) is 0 Å². The molecule has 69 heavy (non-hydrogen) atoms. The van der Waals surface area contributed by atoms with E-state index >= 15 is 0 Å². The lowest BCUT2D eigenvalue weighted by molar-refractivity contribution is 0.675. The van der Waals surface area contributed by atoms with Crippen LogP contribution in [0.1, 0.15) is 0 Å². The van der Waals surface area contributed by atoms with Crippen molar-refractivity contribution >= 4 is 247 Å². The highest BCUT2D eigenvalue weighted by molar-refractivity contribution is 6.70. The number of nitrogens with zero attached hydrogens (tertiary/aromatic N) is 5. The molecule has 0 aliphatic rings. The van der Waals surface area contributed by atoms with Crippen LogP contribution in [0.5, 0.6) is 0 Å². The number of furan rings is 1. The van der Waals surface area contributed by atoms with Crippen LogP contribution in [0.15, 0.2) is 108 Å². The number of fused-ring (bicyclic) bond motifs is 9. The van der Waals surface area contributed by atoms with Gasteiger partial charge >= 0.3 is 0 Å². The second-order valence-corrected chi connectivity index (χ2v) is 17.3. The van der Waals surface area contributed by atoms with E-state index in [1.807, 2.05) is 81.9 Å². The molecule has 9 aromatic carbocycles. The fourth-order valence-corrected chi connectivity index (χ4v) is 10.6. The number of hydrogen-bond donors (Lipinski definition) is 0. The first kappa shape index (κ1) is 42.1. The summed E-state index contributed by atoms with van der Waals surface area (Å²) in [5.74, 6) is 0.671. The summed E-state index contributed by atoms with van der Waals surface area (Å²) >= 11 is 0. The van der Waals surface area contributed by atoms with Gasteiger partial charge < -0.3 is 8.98 Å². The van der Waals surface area contributed by atoms with Crippen LogP contribution in [-0.2, 0) is 0 Å². The summed E-state index contributed by atoms with van der Waals surface area (Å²) in [6, 6.07) is 34.3. The van der Waals surface area contributed by atoms with Crippen molar-refractivity contribution in [1.82, 2.24) is 24.1 Å². The van der Waals surface area contributed by atoms with Gasteiger partial charge in [0.05, 0.1) is 22.1 Å². The topological polar surface area (TPSA) is 61.7 Å². The second-order valence-electron chi connectivity index (χ2n) is 17.3. The van der Waals surface area contributed by atoms with Gasteiger partial charge in [-0.15, -0.1) is 27.3 Å². The van der Waals surface area contributed by atoms with E-state index < -0.39 is 0 Å². The molecule has 288 valence electrons. The lowest BCUT2D eigenvalue weighted by Crippen LogP contribution is -2.56. The Bertz CT molecular complexity index is 4400. The molecule has 0 aliphatic carbocycles. The number of benzene rings is 9. The standard InChI is InChI=1S/C51H17B12N5O/c52-34-31-32-35(53)38(56)42(60)45(63)48(32)69-47(31)37(55)33(36(34)54)50-64-49(65-51(66-50)68-24-13-5-3-9-19(24)20-10-4-6-14-25(20)68)23-16-17-27-30-28(23)21-11-2-1-8-18(21)22-12-7-15-26(29(22)30)67(27)46-43(61)40(58)39(57)41(59)44(46)62/h1-17H. The van der Waals surface area contributed by atoms with Gasteiger partial charge in [0.2, 0.25) is 5.95 Å². The van der Waals surface area contributed by atoms with Crippen LogP contribution >= 0.6 is 0 Å². The molecule has 0 bridgehead atoms. The van der Waals surface area contributed by atoms with E-state index in [0.29, 0.717) is 27.8 Å². The lowest BCUT2D eigenvalue weighted by atomic mass is 9.61. The summed E-state index contributed by atoms with van der Waals surface area (Å²) in [6.07, 6.45) is 0. The zero-order valence-corrected chi connectivity index (χ0v) is 36.4. The Morgan fingerprint density at radius 2 is 0.797 bits per heavy atom. The molecular weight excluding hydrogens is 828 g/mol. The molecule has 13 rings (SSSR count). The van der Waals surface area contributed by atoms with E-state index in [9.17, 15) is 0 Å². The highest BCUT2D eigenvalue weighted by Gasteiger charge is 2.28. The van der Waals surface area contributed by atoms with E-state index in [2.05, 4.69) is 30.3 Å². The summed E-state index contributed by atoms with van der Waals surface area (Å²) < 4.78 is 10.4. The molecule has 0 saturated heterocycles. The van der Waals surface area contributed by atoms with Gasteiger partial charge in [0.1, 0.15) is 105 Å². The molecule has 24 radical (unpaired) electrons. The average molecular weight is 845 g/mol. The van der Waals surface area contributed by atoms with Crippen LogP contribution < -0.4 is 65.6 Å². The van der Waals surface area contributed by atoms with Gasteiger partial charge in [-0.1, -0.05) is 106 Å². The molecule has 0 fully saturated rings. The van der Waals surface area contributed by atoms with Crippen molar-refractivity contribution < 1.29 is 4.42 Å². The summed E-state index contributed by atoms with van der Waals surface area (Å²) in [7, 11) is 79.7. The van der Waals surface area contributed by atoms with Gasteiger partial charge in [0.25, 0.3) is 0 Å². The SMILES string of the molecule is [B]c1c([B])c([B])c(-n2c3cccc4c5ccccc5c5c(-c6nc(-c7c([B])c([B])c8c(oc9c([B])c([B])c([B])c([B])c98)c7[B])nc(-n7c8ccccc8c8ccccc87)n6)ccc2c5c43)c([B])c1[B]. The maximum absolute atomic E-state index is 7.15. The fourth-order valence-electron chi connectivity index (χ4n) is 10.6. The van der Waals surface area contributed by atoms with Gasteiger partial charge in [-0.2, -0.15) is 9.97 Å². The first-order valence-electron chi connectivity index (χ1n) is 21.7. The van der Waals surface area contributed by atoms with E-state index in [-0.39, 0.29) is 94.1 Å². The van der Waals surface area contributed by atoms with Crippen molar-refractivity contribution in [2.24, 2.45) is 0 Å². The van der Waals surface area contributed by atoms with Crippen molar-refractivity contribution in [3.8, 4) is 34.4 Å². The number of rotatable bonds is 4. The molecule has 0 atom stereocenters. The van der Waals surface area contributed by atoms with Gasteiger partial charge in [-0.05, 0) is 52.0 Å². The molecule has 4 aromatic heterocycles. The summed E-state index contributed by atoms with van der Waals surface area (Å²) in [5.41, 5.74) is 6.16. The molecule has 6 nitrogen and oxygen atoms in total. The van der Waals surface area contributed by atoms with E-state index in [4.69, 9.17) is 114 Å². The molecular formula is C51H17B12N5O. The normalized spacial score (nSPS) is 12.2. The largest absolute Gasteiger partial charge is 0.457 e. The van der Waals surface area contributed by atoms with E-state index in [0.717, 1.165) is 65.2 Å². The van der Waals surface area contributed by atoms with Gasteiger partial charge in [0, 0.05) is 54.5 Å². The van der Waals surface area contributed by atoms with Crippen LogP contribution in [-0.4, -0.2) is 118 Å².